The lowest BCUT2D eigenvalue weighted by Gasteiger charge is -2.40. The molecule has 1 unspecified atom stereocenters. The molecule has 4 heteroatoms. The molecule has 2 aliphatic heterocycles. The van der Waals surface area contributed by atoms with Crippen LogP contribution in [-0.4, -0.2) is 23.9 Å². The fourth-order valence-corrected chi connectivity index (χ4v) is 2.87. The molecular formula is C17H16N2O2. The lowest BCUT2D eigenvalue weighted by molar-refractivity contribution is -0.310. The van der Waals surface area contributed by atoms with Gasteiger partial charge in [0.25, 0.3) is 0 Å². The Balaban J connectivity index is 1.76. The maximum Gasteiger partial charge on any atom is 0.348 e. The van der Waals surface area contributed by atoms with E-state index in [1.165, 1.54) is 0 Å². The van der Waals surface area contributed by atoms with Gasteiger partial charge in [0.2, 0.25) is 0 Å². The summed E-state index contributed by atoms with van der Waals surface area (Å²) in [7, 11) is 0. The van der Waals surface area contributed by atoms with Crippen LogP contribution in [0.25, 0.3) is 0 Å². The van der Waals surface area contributed by atoms with Gasteiger partial charge in [0.15, 0.2) is 5.84 Å². The minimum absolute atomic E-state index is 0.670. The summed E-state index contributed by atoms with van der Waals surface area (Å²) in [6, 6.07) is 20.1. The molecular weight excluding hydrogens is 264 g/mol. The first-order valence-corrected chi connectivity index (χ1v) is 7.19. The highest BCUT2D eigenvalue weighted by Crippen LogP contribution is 2.40. The molecule has 0 aromatic heterocycles. The second-order valence-corrected chi connectivity index (χ2v) is 5.17. The van der Waals surface area contributed by atoms with Gasteiger partial charge in [-0.2, -0.15) is 0 Å². The quantitative estimate of drug-likeness (QED) is 0.848. The van der Waals surface area contributed by atoms with Crippen LogP contribution in [0.5, 0.6) is 0 Å². The van der Waals surface area contributed by atoms with E-state index in [-0.39, 0.29) is 0 Å². The predicted octanol–water partition coefficient (Wildman–Crippen LogP) is 2.91. The van der Waals surface area contributed by atoms with Gasteiger partial charge in [-0.25, -0.2) is 0 Å². The van der Waals surface area contributed by atoms with Gasteiger partial charge in [-0.15, -0.1) is 0 Å². The van der Waals surface area contributed by atoms with Gasteiger partial charge in [0.1, 0.15) is 0 Å². The van der Waals surface area contributed by atoms with Gasteiger partial charge >= 0.3 is 5.91 Å². The summed E-state index contributed by atoms with van der Waals surface area (Å²) >= 11 is 0. The molecule has 4 nitrogen and oxygen atoms in total. The van der Waals surface area contributed by atoms with E-state index in [1.54, 1.807) is 0 Å². The topological polar surface area (TPSA) is 34.1 Å². The van der Waals surface area contributed by atoms with E-state index in [0.29, 0.717) is 6.61 Å². The molecule has 2 heterocycles. The van der Waals surface area contributed by atoms with Crippen LogP contribution in [-0.2, 0) is 15.5 Å². The van der Waals surface area contributed by atoms with Gasteiger partial charge in [0, 0.05) is 17.7 Å². The average molecular weight is 280 g/mol. The SMILES string of the molecule is c1ccc(C2=NOC3(c4ccccc4)OCCCN23)cc1. The lowest BCUT2D eigenvalue weighted by atomic mass is 10.1. The van der Waals surface area contributed by atoms with Crippen molar-refractivity contribution in [3.63, 3.8) is 0 Å². The van der Waals surface area contributed by atoms with E-state index in [4.69, 9.17) is 9.57 Å². The number of rotatable bonds is 2. The van der Waals surface area contributed by atoms with Crippen LogP contribution in [0.2, 0.25) is 0 Å². The Morgan fingerprint density at radius 2 is 1.67 bits per heavy atom. The third kappa shape index (κ3) is 1.91. The Bertz CT molecular complexity index is 657. The van der Waals surface area contributed by atoms with Gasteiger partial charge in [-0.3, -0.25) is 4.90 Å². The third-order valence-corrected chi connectivity index (χ3v) is 3.86. The summed E-state index contributed by atoms with van der Waals surface area (Å²) in [6.07, 6.45) is 0.962. The Morgan fingerprint density at radius 1 is 0.952 bits per heavy atom. The van der Waals surface area contributed by atoms with Crippen molar-refractivity contribution in [2.45, 2.75) is 12.3 Å². The van der Waals surface area contributed by atoms with Crippen LogP contribution < -0.4 is 0 Å². The fraction of sp³-hybridized carbons (Fsp3) is 0.235. The molecule has 2 aromatic rings. The van der Waals surface area contributed by atoms with E-state index in [1.807, 2.05) is 60.7 Å². The highest BCUT2D eigenvalue weighted by atomic mass is 16.8. The molecule has 0 bridgehead atoms. The molecule has 1 atom stereocenters. The molecule has 106 valence electrons. The highest BCUT2D eigenvalue weighted by Gasteiger charge is 2.51. The smallest absolute Gasteiger partial charge is 0.332 e. The second-order valence-electron chi connectivity index (χ2n) is 5.17. The normalized spacial score (nSPS) is 24.2. The average Bonchev–Trinajstić information content (AvgIpc) is 2.97. The summed E-state index contributed by atoms with van der Waals surface area (Å²) in [6.45, 7) is 1.53. The van der Waals surface area contributed by atoms with E-state index < -0.39 is 5.91 Å². The first-order chi connectivity index (χ1) is 10.4. The third-order valence-electron chi connectivity index (χ3n) is 3.86. The van der Waals surface area contributed by atoms with Crippen molar-refractivity contribution >= 4 is 5.84 Å². The Hall–Kier alpha value is -2.33. The van der Waals surface area contributed by atoms with E-state index in [9.17, 15) is 0 Å². The summed E-state index contributed by atoms with van der Waals surface area (Å²) in [4.78, 5) is 7.90. The number of oxime groups is 1. The van der Waals surface area contributed by atoms with Crippen molar-refractivity contribution < 1.29 is 9.57 Å². The van der Waals surface area contributed by atoms with Crippen molar-refractivity contribution in [3.8, 4) is 0 Å². The monoisotopic (exact) mass is 280 g/mol. The number of ether oxygens (including phenoxy) is 1. The maximum atomic E-state index is 6.02. The van der Waals surface area contributed by atoms with Crippen LogP contribution in [0.4, 0.5) is 0 Å². The van der Waals surface area contributed by atoms with E-state index >= 15 is 0 Å². The molecule has 2 aromatic carbocycles. The Kier molecular flexibility index (Phi) is 2.89. The first kappa shape index (κ1) is 12.4. The van der Waals surface area contributed by atoms with Crippen molar-refractivity contribution in [1.29, 1.82) is 0 Å². The summed E-state index contributed by atoms with van der Waals surface area (Å²) < 4.78 is 6.02. The van der Waals surface area contributed by atoms with Crippen LogP contribution in [0.1, 0.15) is 17.5 Å². The van der Waals surface area contributed by atoms with Gasteiger partial charge in [-0.05, 0) is 6.42 Å². The molecule has 0 saturated carbocycles. The van der Waals surface area contributed by atoms with E-state index in [2.05, 4.69) is 10.1 Å². The van der Waals surface area contributed by atoms with Crippen molar-refractivity contribution in [1.82, 2.24) is 4.90 Å². The van der Waals surface area contributed by atoms with Crippen LogP contribution in [0, 0.1) is 0 Å². The van der Waals surface area contributed by atoms with Gasteiger partial charge in [-0.1, -0.05) is 65.8 Å². The second kappa shape index (κ2) is 4.90. The zero-order valence-electron chi connectivity index (χ0n) is 11.6. The minimum atomic E-state index is -0.912. The molecule has 0 amide bonds. The first-order valence-electron chi connectivity index (χ1n) is 7.19. The summed E-state index contributed by atoms with van der Waals surface area (Å²) in [5.74, 6) is -0.0795. The largest absolute Gasteiger partial charge is 0.348 e. The van der Waals surface area contributed by atoms with Crippen molar-refractivity contribution in [2.24, 2.45) is 5.16 Å². The molecule has 0 N–H and O–H groups in total. The molecule has 2 aliphatic rings. The molecule has 0 spiro atoms. The van der Waals surface area contributed by atoms with Crippen LogP contribution in [0.3, 0.4) is 0 Å². The predicted molar refractivity (Wildman–Crippen MR) is 79.5 cm³/mol. The maximum absolute atomic E-state index is 6.02. The molecule has 0 radical (unpaired) electrons. The lowest BCUT2D eigenvalue weighted by Crippen LogP contribution is -2.52. The van der Waals surface area contributed by atoms with Crippen LogP contribution >= 0.6 is 0 Å². The van der Waals surface area contributed by atoms with Gasteiger partial charge in [0.05, 0.1) is 6.61 Å². The molecule has 4 rings (SSSR count). The number of benzene rings is 2. The van der Waals surface area contributed by atoms with Crippen molar-refractivity contribution in [2.75, 3.05) is 13.2 Å². The zero-order chi connectivity index (χ0) is 14.1. The molecule has 1 saturated heterocycles. The van der Waals surface area contributed by atoms with E-state index in [0.717, 1.165) is 29.9 Å². The Labute approximate surface area is 123 Å². The fourth-order valence-electron chi connectivity index (χ4n) is 2.87. The molecule has 0 aliphatic carbocycles. The van der Waals surface area contributed by atoms with Gasteiger partial charge < -0.3 is 9.57 Å². The number of fused-ring (bicyclic) bond motifs is 1. The zero-order valence-corrected chi connectivity index (χ0v) is 11.6. The summed E-state index contributed by atoms with van der Waals surface area (Å²) in [5, 5.41) is 4.32. The Morgan fingerprint density at radius 3 is 2.43 bits per heavy atom. The number of hydrogen-bond donors (Lipinski definition) is 0. The minimum Gasteiger partial charge on any atom is -0.332 e. The van der Waals surface area contributed by atoms with Crippen LogP contribution in [0.15, 0.2) is 65.8 Å². The standard InChI is InChI=1S/C17H16N2O2/c1-3-8-14(9-4-1)16-18-21-17(15-10-5-2-6-11-15)19(16)12-7-13-20-17/h1-6,8-11H,7,12-13H2. The number of hydrogen-bond acceptors (Lipinski definition) is 4. The van der Waals surface area contributed by atoms with Crippen molar-refractivity contribution in [3.05, 3.63) is 71.8 Å². The number of nitrogens with zero attached hydrogens (tertiary/aromatic N) is 2. The highest BCUT2D eigenvalue weighted by molar-refractivity contribution is 5.99. The number of amidine groups is 1. The molecule has 21 heavy (non-hydrogen) atoms. The summed E-state index contributed by atoms with van der Waals surface area (Å²) in [5.41, 5.74) is 2.01. The molecule has 1 fully saturated rings.